The van der Waals surface area contributed by atoms with Crippen LogP contribution in [0.4, 0.5) is 0 Å². The first-order valence-electron chi connectivity index (χ1n) is 4.42. The molecule has 0 aliphatic carbocycles. The first-order valence-corrected chi connectivity index (χ1v) is 5.89. The molecule has 4 nitrogen and oxygen atoms in total. The lowest BCUT2D eigenvalue weighted by atomic mass is 10.1. The molecule has 0 saturated heterocycles. The molecule has 0 aromatic carbocycles. The fraction of sp³-hybridized carbons (Fsp3) is 0.333. The van der Waals surface area contributed by atoms with Crippen molar-refractivity contribution in [3.8, 4) is 0 Å². The van der Waals surface area contributed by atoms with E-state index in [1.54, 1.807) is 0 Å². The van der Waals surface area contributed by atoms with Crippen molar-refractivity contribution in [3.05, 3.63) is 23.7 Å². The number of hydrogen-bond acceptors (Lipinski definition) is 5. The topological polar surface area (TPSA) is 50.5 Å². The number of nitrogens with zero attached hydrogens (tertiary/aromatic N) is 4. The molecular formula is C9H10N4S2. The normalized spacial score (nSPS) is 17.7. The van der Waals surface area contributed by atoms with Gasteiger partial charge in [0.15, 0.2) is 0 Å². The highest BCUT2D eigenvalue weighted by atomic mass is 32.1. The molecule has 1 aliphatic heterocycles. The van der Waals surface area contributed by atoms with Crippen molar-refractivity contribution in [1.29, 1.82) is 0 Å². The predicted molar refractivity (Wildman–Crippen MR) is 64.3 cm³/mol. The molecule has 2 heterocycles. The molecule has 2 rings (SSSR count). The van der Waals surface area contributed by atoms with Crippen LogP contribution in [0.1, 0.15) is 25.2 Å². The third-order valence-corrected chi connectivity index (χ3v) is 3.18. The average molecular weight is 238 g/mol. The molecule has 0 unspecified atom stereocenters. The second-order valence-corrected chi connectivity index (χ2v) is 4.41. The highest BCUT2D eigenvalue weighted by molar-refractivity contribution is 7.57. The second-order valence-electron chi connectivity index (χ2n) is 3.27. The van der Waals surface area contributed by atoms with E-state index in [-0.39, 0.29) is 0 Å². The van der Waals surface area contributed by atoms with Gasteiger partial charge in [0.2, 0.25) is 0 Å². The van der Waals surface area contributed by atoms with Gasteiger partial charge in [-0.3, -0.25) is 0 Å². The molecule has 1 aromatic heterocycles. The molecule has 0 saturated carbocycles. The molecule has 0 amide bonds. The van der Waals surface area contributed by atoms with E-state index in [9.17, 15) is 0 Å². The third-order valence-electron chi connectivity index (χ3n) is 2.10. The van der Waals surface area contributed by atoms with E-state index in [4.69, 9.17) is 0 Å². The zero-order valence-corrected chi connectivity index (χ0v) is 10.2. The fourth-order valence-electron chi connectivity index (χ4n) is 1.24. The number of allylic oxidation sites excluding steroid dienone is 2. The molecule has 15 heavy (non-hydrogen) atoms. The first kappa shape index (κ1) is 10.4. The lowest BCUT2D eigenvalue weighted by Gasteiger charge is -2.01. The van der Waals surface area contributed by atoms with Gasteiger partial charge in [0.25, 0.3) is 0 Å². The quantitative estimate of drug-likeness (QED) is 0.795. The van der Waals surface area contributed by atoms with Crippen molar-refractivity contribution in [2.45, 2.75) is 13.8 Å². The Morgan fingerprint density at radius 1 is 1.27 bits per heavy atom. The summed E-state index contributed by atoms with van der Waals surface area (Å²) in [5, 5.41) is 0. The van der Waals surface area contributed by atoms with Gasteiger partial charge in [0.05, 0.1) is 35.3 Å². The predicted octanol–water partition coefficient (Wildman–Crippen LogP) is 2.77. The molecule has 0 N–H and O–H groups in total. The van der Waals surface area contributed by atoms with Crippen molar-refractivity contribution >= 4 is 34.2 Å². The second kappa shape index (κ2) is 4.16. The van der Waals surface area contributed by atoms with E-state index < -0.39 is 0 Å². The summed E-state index contributed by atoms with van der Waals surface area (Å²) in [5.41, 5.74) is 4.73. The molecule has 0 atom stereocenters. The molecule has 0 bridgehead atoms. The van der Waals surface area contributed by atoms with Crippen LogP contribution in [0.2, 0.25) is 0 Å². The highest BCUT2D eigenvalue weighted by Gasteiger charge is 2.14. The van der Waals surface area contributed by atoms with E-state index in [1.165, 1.54) is 23.1 Å². The lowest BCUT2D eigenvalue weighted by molar-refractivity contribution is 1.16. The zero-order valence-electron chi connectivity index (χ0n) is 8.52. The molecule has 1 aliphatic rings. The number of hydrogen-bond donors (Lipinski definition) is 0. The summed E-state index contributed by atoms with van der Waals surface area (Å²) in [6, 6.07) is 0. The Morgan fingerprint density at radius 3 is 2.60 bits per heavy atom. The van der Waals surface area contributed by atoms with Crippen LogP contribution in [0.5, 0.6) is 0 Å². The van der Waals surface area contributed by atoms with Crippen LogP contribution < -0.4 is 0 Å². The van der Waals surface area contributed by atoms with Gasteiger partial charge >= 0.3 is 0 Å². The van der Waals surface area contributed by atoms with E-state index in [1.807, 2.05) is 13.8 Å². The van der Waals surface area contributed by atoms with Gasteiger partial charge < -0.3 is 0 Å². The molecule has 1 aromatic rings. The number of aromatic nitrogens is 2. The van der Waals surface area contributed by atoms with Crippen LogP contribution in [-0.4, -0.2) is 15.3 Å². The summed E-state index contributed by atoms with van der Waals surface area (Å²) >= 11 is 2.45. The van der Waals surface area contributed by atoms with Crippen molar-refractivity contribution < 1.29 is 0 Å². The van der Waals surface area contributed by atoms with Gasteiger partial charge in [0, 0.05) is 5.57 Å². The van der Waals surface area contributed by atoms with Crippen LogP contribution in [0.3, 0.4) is 0 Å². The minimum Gasteiger partial charge on any atom is -0.207 e. The molecule has 0 fully saturated rings. The van der Waals surface area contributed by atoms with Gasteiger partial charge in [0.1, 0.15) is 11.4 Å². The van der Waals surface area contributed by atoms with Crippen LogP contribution in [0, 0.1) is 0 Å². The smallest absolute Gasteiger partial charge is 0.109 e. The molecule has 78 valence electrons. The van der Waals surface area contributed by atoms with Gasteiger partial charge in [-0.2, -0.15) is 13.1 Å². The minimum atomic E-state index is 0.656. The Kier molecular flexibility index (Phi) is 2.88. The van der Waals surface area contributed by atoms with Crippen LogP contribution >= 0.6 is 11.7 Å². The summed E-state index contributed by atoms with van der Waals surface area (Å²) in [6.45, 7) is 8.48. The van der Waals surface area contributed by atoms with E-state index in [2.05, 4.69) is 24.1 Å². The van der Waals surface area contributed by atoms with E-state index >= 15 is 0 Å². The zero-order chi connectivity index (χ0) is 10.8. The minimum absolute atomic E-state index is 0.656. The van der Waals surface area contributed by atoms with Crippen molar-refractivity contribution in [1.82, 2.24) is 8.75 Å². The largest absolute Gasteiger partial charge is 0.207 e. The first-order chi connectivity index (χ1) is 7.20. The van der Waals surface area contributed by atoms with Crippen molar-refractivity contribution in [2.24, 2.45) is 8.73 Å². The third kappa shape index (κ3) is 1.95. The Bertz CT molecular complexity index is 506. The Balaban J connectivity index is 2.46. The monoisotopic (exact) mass is 238 g/mol. The van der Waals surface area contributed by atoms with Gasteiger partial charge in [-0.25, -0.2) is 4.36 Å². The summed E-state index contributed by atoms with van der Waals surface area (Å²) in [7, 11) is 0. The van der Waals surface area contributed by atoms with Gasteiger partial charge in [-0.1, -0.05) is 6.58 Å². The van der Waals surface area contributed by atoms with Crippen LogP contribution in [-0.2, 0) is 11.4 Å². The molecular weight excluding hydrogens is 228 g/mol. The summed E-state index contributed by atoms with van der Waals surface area (Å²) in [5.74, 6) is 0. The maximum atomic E-state index is 4.28. The average Bonchev–Trinajstić information content (AvgIpc) is 2.88. The van der Waals surface area contributed by atoms with Crippen molar-refractivity contribution in [3.63, 3.8) is 0 Å². The molecule has 0 spiro atoms. The van der Waals surface area contributed by atoms with Crippen LogP contribution in [0.15, 0.2) is 21.0 Å². The molecule has 0 radical (unpaired) electrons. The summed E-state index contributed by atoms with van der Waals surface area (Å²) in [4.78, 5) is 0. The highest BCUT2D eigenvalue weighted by Crippen LogP contribution is 2.26. The van der Waals surface area contributed by atoms with Gasteiger partial charge in [-0.05, 0) is 19.4 Å². The summed E-state index contributed by atoms with van der Waals surface area (Å²) in [6.07, 6.45) is 0. The van der Waals surface area contributed by atoms with E-state index in [0.717, 1.165) is 28.2 Å². The Hall–Kier alpha value is -1.14. The summed E-state index contributed by atoms with van der Waals surface area (Å²) < 4.78 is 16.8. The number of rotatable bonds is 2. The van der Waals surface area contributed by atoms with Gasteiger partial charge in [-0.15, -0.1) is 0 Å². The fourth-order valence-corrected chi connectivity index (χ4v) is 2.44. The Morgan fingerprint density at radius 2 is 2.00 bits per heavy atom. The van der Waals surface area contributed by atoms with E-state index in [0.29, 0.717) is 6.54 Å². The SMILES string of the molecule is C=C(C)c1nsnc1/C(C)=C1\CN=S=N1. The standard InChI is InChI=1S/C9H10N4S2/c1-5(2)8-9(13-15-12-8)6(3)7-4-10-14-11-7/h1,4H2,2-3H3/b7-6+. The lowest BCUT2D eigenvalue weighted by Crippen LogP contribution is -1.92. The van der Waals surface area contributed by atoms with Crippen molar-refractivity contribution in [2.75, 3.05) is 6.54 Å². The Labute approximate surface area is 96.0 Å². The maximum absolute atomic E-state index is 4.28. The molecule has 6 heteroatoms. The van der Waals surface area contributed by atoms with Crippen LogP contribution in [0.25, 0.3) is 11.1 Å². The maximum Gasteiger partial charge on any atom is 0.109 e.